The largest absolute Gasteiger partial charge is 0.507 e. The van der Waals surface area contributed by atoms with E-state index in [2.05, 4.69) is 21.0 Å². The minimum absolute atomic E-state index is 0.185. The van der Waals surface area contributed by atoms with Gasteiger partial charge in [-0.05, 0) is 25.1 Å². The maximum absolute atomic E-state index is 9.38. The molecular formula is C8H9BrN2O. The van der Waals surface area contributed by atoms with Gasteiger partial charge in [-0.15, -0.1) is 0 Å². The van der Waals surface area contributed by atoms with Crippen LogP contribution in [0.25, 0.3) is 0 Å². The van der Waals surface area contributed by atoms with Crippen molar-refractivity contribution >= 4 is 21.6 Å². The number of nitrogens with zero attached hydrogens (tertiary/aromatic N) is 1. The zero-order chi connectivity index (χ0) is 9.14. The van der Waals surface area contributed by atoms with E-state index in [1.54, 1.807) is 25.1 Å². The number of nitrogens with two attached hydrogens (primary N) is 1. The summed E-state index contributed by atoms with van der Waals surface area (Å²) in [6, 6.07) is 5.11. The van der Waals surface area contributed by atoms with Gasteiger partial charge in [0.25, 0.3) is 0 Å². The van der Waals surface area contributed by atoms with Crippen LogP contribution in [0, 0.1) is 0 Å². The first kappa shape index (κ1) is 9.06. The molecule has 0 aliphatic carbocycles. The van der Waals surface area contributed by atoms with Crippen molar-refractivity contribution in [3.8, 4) is 5.75 Å². The summed E-state index contributed by atoms with van der Waals surface area (Å²) in [5.74, 6) is 5.27. The van der Waals surface area contributed by atoms with E-state index >= 15 is 0 Å². The molecule has 0 bridgehead atoms. The van der Waals surface area contributed by atoms with Gasteiger partial charge in [0.05, 0.1) is 5.71 Å². The number of hydrazone groups is 1. The summed E-state index contributed by atoms with van der Waals surface area (Å²) >= 11 is 3.29. The van der Waals surface area contributed by atoms with Crippen LogP contribution < -0.4 is 5.84 Å². The second-order valence-electron chi connectivity index (χ2n) is 2.38. The van der Waals surface area contributed by atoms with E-state index in [0.29, 0.717) is 11.3 Å². The van der Waals surface area contributed by atoms with E-state index < -0.39 is 0 Å². The lowest BCUT2D eigenvalue weighted by atomic mass is 10.1. The van der Waals surface area contributed by atoms with Crippen molar-refractivity contribution in [2.45, 2.75) is 6.92 Å². The average molecular weight is 229 g/mol. The normalized spacial score (nSPS) is 11.7. The Balaban J connectivity index is 3.23. The van der Waals surface area contributed by atoms with Crippen molar-refractivity contribution in [2.75, 3.05) is 0 Å². The Bertz CT molecular complexity index is 323. The molecule has 0 aliphatic heterocycles. The summed E-state index contributed by atoms with van der Waals surface area (Å²) in [6.07, 6.45) is 0. The molecule has 0 unspecified atom stereocenters. The molecule has 0 atom stereocenters. The van der Waals surface area contributed by atoms with Gasteiger partial charge in [0.2, 0.25) is 0 Å². The molecule has 0 heterocycles. The second kappa shape index (κ2) is 3.58. The molecule has 1 aromatic rings. The third-order valence-electron chi connectivity index (χ3n) is 1.54. The van der Waals surface area contributed by atoms with E-state index in [1.165, 1.54) is 0 Å². The topological polar surface area (TPSA) is 58.6 Å². The quantitative estimate of drug-likeness (QED) is 0.438. The summed E-state index contributed by atoms with van der Waals surface area (Å²) in [5, 5.41) is 12.9. The summed E-state index contributed by atoms with van der Waals surface area (Å²) in [5.41, 5.74) is 1.25. The Morgan fingerprint density at radius 2 is 2.25 bits per heavy atom. The Morgan fingerprint density at radius 1 is 1.58 bits per heavy atom. The molecule has 0 saturated heterocycles. The molecule has 0 aliphatic rings. The van der Waals surface area contributed by atoms with Crippen LogP contribution in [0.2, 0.25) is 0 Å². The van der Waals surface area contributed by atoms with Gasteiger partial charge in [-0.25, -0.2) is 0 Å². The van der Waals surface area contributed by atoms with Crippen LogP contribution in [0.15, 0.2) is 27.8 Å². The van der Waals surface area contributed by atoms with Crippen LogP contribution in [0.1, 0.15) is 12.5 Å². The lowest BCUT2D eigenvalue weighted by Gasteiger charge is -2.02. The highest BCUT2D eigenvalue weighted by Gasteiger charge is 2.04. The highest BCUT2D eigenvalue weighted by atomic mass is 79.9. The molecule has 12 heavy (non-hydrogen) atoms. The van der Waals surface area contributed by atoms with Gasteiger partial charge >= 0.3 is 0 Å². The van der Waals surface area contributed by atoms with Gasteiger partial charge in [0.1, 0.15) is 5.75 Å². The van der Waals surface area contributed by atoms with E-state index in [4.69, 9.17) is 5.84 Å². The van der Waals surface area contributed by atoms with Crippen LogP contribution >= 0.6 is 15.9 Å². The molecule has 0 saturated carbocycles. The lowest BCUT2D eigenvalue weighted by Crippen LogP contribution is -1.98. The van der Waals surface area contributed by atoms with Gasteiger partial charge < -0.3 is 10.9 Å². The molecule has 0 aromatic heterocycles. The summed E-state index contributed by atoms with van der Waals surface area (Å²) < 4.78 is 0.887. The van der Waals surface area contributed by atoms with E-state index in [1.807, 2.05) is 0 Å². The Kier molecular flexibility index (Phi) is 2.70. The fraction of sp³-hybridized carbons (Fsp3) is 0.125. The number of phenols is 1. The Hall–Kier alpha value is -1.03. The van der Waals surface area contributed by atoms with Crippen molar-refractivity contribution in [2.24, 2.45) is 10.9 Å². The smallest absolute Gasteiger partial charge is 0.124 e. The van der Waals surface area contributed by atoms with E-state index in [9.17, 15) is 5.11 Å². The number of benzene rings is 1. The molecule has 1 rings (SSSR count). The first-order valence-corrected chi connectivity index (χ1v) is 4.18. The molecule has 3 N–H and O–H groups in total. The molecule has 0 fully saturated rings. The van der Waals surface area contributed by atoms with Crippen LogP contribution in [0.5, 0.6) is 5.75 Å². The molecule has 3 nitrogen and oxygen atoms in total. The molecule has 64 valence electrons. The molecule has 1 aromatic carbocycles. The highest BCUT2D eigenvalue weighted by Crippen LogP contribution is 2.22. The standard InChI is InChI=1S/C8H9BrN2O/c1-5(11-10)7-4-6(9)2-3-8(7)12/h2-4,12H,10H2,1H3/b11-5+. The first-order chi connectivity index (χ1) is 5.65. The Morgan fingerprint density at radius 3 is 2.83 bits per heavy atom. The molecular weight excluding hydrogens is 220 g/mol. The molecule has 0 spiro atoms. The van der Waals surface area contributed by atoms with Crippen molar-refractivity contribution in [1.29, 1.82) is 0 Å². The van der Waals surface area contributed by atoms with E-state index in [0.717, 1.165) is 4.47 Å². The second-order valence-corrected chi connectivity index (χ2v) is 3.29. The van der Waals surface area contributed by atoms with Gasteiger partial charge in [-0.2, -0.15) is 5.10 Å². The summed E-state index contributed by atoms with van der Waals surface area (Å²) in [4.78, 5) is 0. The number of halogens is 1. The monoisotopic (exact) mass is 228 g/mol. The summed E-state index contributed by atoms with van der Waals surface area (Å²) in [7, 11) is 0. The van der Waals surface area contributed by atoms with Crippen molar-refractivity contribution in [3.63, 3.8) is 0 Å². The van der Waals surface area contributed by atoms with Crippen LogP contribution in [0.3, 0.4) is 0 Å². The van der Waals surface area contributed by atoms with Crippen LogP contribution in [-0.2, 0) is 0 Å². The van der Waals surface area contributed by atoms with E-state index in [-0.39, 0.29) is 5.75 Å². The highest BCUT2D eigenvalue weighted by molar-refractivity contribution is 9.10. The zero-order valence-electron chi connectivity index (χ0n) is 6.58. The number of hydrogen-bond donors (Lipinski definition) is 2. The Labute approximate surface area is 79.0 Å². The van der Waals surface area contributed by atoms with Crippen molar-refractivity contribution in [3.05, 3.63) is 28.2 Å². The fourth-order valence-corrected chi connectivity index (χ4v) is 1.23. The van der Waals surface area contributed by atoms with Gasteiger partial charge in [-0.3, -0.25) is 0 Å². The minimum Gasteiger partial charge on any atom is -0.507 e. The average Bonchev–Trinajstić information content (AvgIpc) is 2.08. The van der Waals surface area contributed by atoms with Crippen molar-refractivity contribution in [1.82, 2.24) is 0 Å². The van der Waals surface area contributed by atoms with Gasteiger partial charge in [0.15, 0.2) is 0 Å². The fourth-order valence-electron chi connectivity index (χ4n) is 0.868. The van der Waals surface area contributed by atoms with Crippen LogP contribution in [-0.4, -0.2) is 10.8 Å². The van der Waals surface area contributed by atoms with Gasteiger partial charge in [-0.1, -0.05) is 15.9 Å². The van der Waals surface area contributed by atoms with Crippen molar-refractivity contribution < 1.29 is 5.11 Å². The van der Waals surface area contributed by atoms with Gasteiger partial charge in [0, 0.05) is 10.0 Å². The van der Waals surface area contributed by atoms with Crippen LogP contribution in [0.4, 0.5) is 0 Å². The maximum Gasteiger partial charge on any atom is 0.124 e. The number of phenolic OH excluding ortho intramolecular Hbond substituents is 1. The molecule has 4 heteroatoms. The minimum atomic E-state index is 0.185. The SMILES string of the molecule is C/C(=N\N)c1cc(Br)ccc1O. The first-order valence-electron chi connectivity index (χ1n) is 3.38. The zero-order valence-corrected chi connectivity index (χ0v) is 8.17. The molecule has 0 radical (unpaired) electrons. The number of aromatic hydroxyl groups is 1. The predicted molar refractivity (Wildman–Crippen MR) is 52.2 cm³/mol. The number of rotatable bonds is 1. The third-order valence-corrected chi connectivity index (χ3v) is 2.04. The third kappa shape index (κ3) is 1.76. The number of hydrogen-bond acceptors (Lipinski definition) is 3. The maximum atomic E-state index is 9.38. The molecule has 0 amide bonds. The lowest BCUT2D eigenvalue weighted by molar-refractivity contribution is 0.474. The summed E-state index contributed by atoms with van der Waals surface area (Å²) in [6.45, 7) is 1.74. The predicted octanol–water partition coefficient (Wildman–Crippen LogP) is 1.84.